The van der Waals surface area contributed by atoms with Crippen LogP contribution in [0.25, 0.3) is 22.5 Å². The summed E-state index contributed by atoms with van der Waals surface area (Å²) in [5.74, 6) is -3.65. The van der Waals surface area contributed by atoms with Gasteiger partial charge >= 0.3 is 11.9 Å². The van der Waals surface area contributed by atoms with E-state index in [1.807, 2.05) is 58.4 Å². The summed E-state index contributed by atoms with van der Waals surface area (Å²) in [7, 11) is 0. The highest BCUT2D eigenvalue weighted by molar-refractivity contribution is 6.27. The number of carboxylic acid groups (broad SMARTS) is 2. The van der Waals surface area contributed by atoms with E-state index in [4.69, 9.17) is 19.8 Å². The third kappa shape index (κ3) is 14.6. The summed E-state index contributed by atoms with van der Waals surface area (Å²) in [5.41, 5.74) is 4.21. The molecule has 0 aliphatic carbocycles. The second-order valence-corrected chi connectivity index (χ2v) is 12.9. The Morgan fingerprint density at radius 2 is 0.840 bits per heavy atom. The van der Waals surface area contributed by atoms with Crippen molar-refractivity contribution < 1.29 is 19.8 Å². The first-order valence-corrected chi connectivity index (χ1v) is 18.3. The van der Waals surface area contributed by atoms with Gasteiger partial charge in [-0.25, -0.2) is 9.59 Å². The van der Waals surface area contributed by atoms with Crippen molar-refractivity contribution in [1.29, 1.82) is 0 Å². The van der Waals surface area contributed by atoms with Gasteiger partial charge in [-0.05, 0) is 90.6 Å². The average Bonchev–Trinajstić information content (AvgIpc) is 3.64. The van der Waals surface area contributed by atoms with E-state index in [1.165, 1.54) is 103 Å². The van der Waals surface area contributed by atoms with Crippen molar-refractivity contribution in [2.24, 2.45) is 0 Å². The van der Waals surface area contributed by atoms with Gasteiger partial charge in [0.25, 0.3) is 0 Å². The van der Waals surface area contributed by atoms with Gasteiger partial charge in [-0.3, -0.25) is 0 Å². The largest absolute Gasteiger partial charge is 0.473 e. The minimum absolute atomic E-state index is 0.917. The SMILES string of the molecule is O=C(O)C(=O)O.c1ccc(-c2cnn(CCCCN3CCCCCC3)n2)cc1.c1ccc(-c2cnn(CCCCN3CCCCCC3)n2)cc1. The molecular formula is C38H54N8O4. The quantitative estimate of drug-likeness (QED) is 0.128. The van der Waals surface area contributed by atoms with Gasteiger partial charge in [0.05, 0.1) is 25.5 Å². The lowest BCUT2D eigenvalue weighted by Gasteiger charge is -2.19. The molecule has 0 amide bonds. The van der Waals surface area contributed by atoms with Crippen LogP contribution in [0, 0.1) is 0 Å². The number of hydrogen-bond acceptors (Lipinski definition) is 8. The lowest BCUT2D eigenvalue weighted by atomic mass is 10.2. The fourth-order valence-corrected chi connectivity index (χ4v) is 6.19. The molecule has 2 aromatic heterocycles. The summed E-state index contributed by atoms with van der Waals surface area (Å²) >= 11 is 0. The van der Waals surface area contributed by atoms with E-state index in [0.717, 1.165) is 48.4 Å². The second kappa shape index (κ2) is 22.3. The molecule has 50 heavy (non-hydrogen) atoms. The molecule has 4 aromatic rings. The maximum Gasteiger partial charge on any atom is 0.414 e. The monoisotopic (exact) mass is 686 g/mol. The molecule has 0 spiro atoms. The van der Waals surface area contributed by atoms with Crippen molar-refractivity contribution in [2.45, 2.75) is 90.1 Å². The van der Waals surface area contributed by atoms with Crippen LogP contribution in [0.4, 0.5) is 0 Å². The van der Waals surface area contributed by atoms with Crippen LogP contribution >= 0.6 is 0 Å². The first-order valence-electron chi connectivity index (χ1n) is 18.3. The molecule has 270 valence electrons. The van der Waals surface area contributed by atoms with Crippen molar-refractivity contribution in [3.63, 3.8) is 0 Å². The van der Waals surface area contributed by atoms with Crippen molar-refractivity contribution in [3.8, 4) is 22.5 Å². The number of benzene rings is 2. The zero-order valence-corrected chi connectivity index (χ0v) is 29.4. The van der Waals surface area contributed by atoms with Gasteiger partial charge in [-0.2, -0.15) is 30.0 Å². The lowest BCUT2D eigenvalue weighted by Crippen LogP contribution is -2.25. The number of hydrogen-bond donors (Lipinski definition) is 2. The smallest absolute Gasteiger partial charge is 0.414 e. The summed E-state index contributed by atoms with van der Waals surface area (Å²) in [5, 5.41) is 32.7. The number of nitrogens with zero attached hydrogens (tertiary/aromatic N) is 8. The van der Waals surface area contributed by atoms with E-state index in [-0.39, 0.29) is 0 Å². The van der Waals surface area contributed by atoms with Crippen molar-refractivity contribution >= 4 is 11.9 Å². The van der Waals surface area contributed by atoms with E-state index in [1.54, 1.807) is 0 Å². The molecule has 2 aliphatic rings. The van der Waals surface area contributed by atoms with Gasteiger partial charge in [-0.1, -0.05) is 86.3 Å². The molecule has 0 unspecified atom stereocenters. The van der Waals surface area contributed by atoms with E-state index in [2.05, 4.69) is 54.5 Å². The van der Waals surface area contributed by atoms with E-state index in [0.29, 0.717) is 0 Å². The predicted octanol–water partition coefficient (Wildman–Crippen LogP) is 6.36. The molecule has 2 saturated heterocycles. The second-order valence-electron chi connectivity index (χ2n) is 12.9. The van der Waals surface area contributed by atoms with Gasteiger partial charge in [0.2, 0.25) is 0 Å². The Hall–Kier alpha value is -4.42. The molecule has 2 aromatic carbocycles. The first kappa shape index (κ1) is 38.4. The molecule has 0 radical (unpaired) electrons. The average molecular weight is 687 g/mol. The maximum absolute atomic E-state index is 9.10. The van der Waals surface area contributed by atoms with Crippen LogP contribution in [0.15, 0.2) is 73.1 Å². The molecule has 0 bridgehead atoms. The number of carboxylic acids is 2. The van der Waals surface area contributed by atoms with Crippen LogP contribution in [0.3, 0.4) is 0 Å². The van der Waals surface area contributed by atoms with Crippen LogP contribution in [-0.4, -0.2) is 101 Å². The predicted molar refractivity (Wildman–Crippen MR) is 194 cm³/mol. The number of aromatic nitrogens is 6. The normalized spacial score (nSPS) is 15.4. The molecule has 6 rings (SSSR count). The summed E-state index contributed by atoms with van der Waals surface area (Å²) in [6.45, 7) is 9.45. The standard InChI is InChI=1S/2C18H26N4.C2H2O4/c2*1-2-7-13-21(12-6-1)14-8-9-15-22-19-16-18(20-22)17-10-4-3-5-11-17;3-1(4)2(5)6/h2*3-5,10-11,16H,1-2,6-9,12-15H2;(H,3,4)(H,5,6). The molecule has 0 saturated carbocycles. The molecule has 2 fully saturated rings. The molecule has 12 nitrogen and oxygen atoms in total. The van der Waals surface area contributed by atoms with Crippen molar-refractivity contribution in [1.82, 2.24) is 39.8 Å². The summed E-state index contributed by atoms with van der Waals surface area (Å²) in [6, 6.07) is 20.5. The topological polar surface area (TPSA) is 142 Å². The van der Waals surface area contributed by atoms with Gasteiger partial charge in [-0.15, -0.1) is 0 Å². The highest BCUT2D eigenvalue weighted by Gasteiger charge is 2.10. The molecule has 2 aliphatic heterocycles. The highest BCUT2D eigenvalue weighted by atomic mass is 16.4. The summed E-state index contributed by atoms with van der Waals surface area (Å²) in [6.07, 6.45) is 19.7. The van der Waals surface area contributed by atoms with Gasteiger partial charge < -0.3 is 20.0 Å². The van der Waals surface area contributed by atoms with Crippen LogP contribution < -0.4 is 0 Å². The molecule has 12 heteroatoms. The molecule has 4 heterocycles. The van der Waals surface area contributed by atoms with Crippen LogP contribution in [0.5, 0.6) is 0 Å². The minimum Gasteiger partial charge on any atom is -0.473 e. The maximum atomic E-state index is 9.10. The fourth-order valence-electron chi connectivity index (χ4n) is 6.19. The van der Waals surface area contributed by atoms with Crippen LogP contribution in [-0.2, 0) is 22.7 Å². The third-order valence-corrected chi connectivity index (χ3v) is 8.96. The Morgan fingerprint density at radius 3 is 1.18 bits per heavy atom. The van der Waals surface area contributed by atoms with Crippen LogP contribution in [0.2, 0.25) is 0 Å². The number of likely N-dealkylation sites (tertiary alicyclic amines) is 2. The van der Waals surface area contributed by atoms with Crippen molar-refractivity contribution in [3.05, 3.63) is 73.1 Å². The number of aliphatic carboxylic acids is 2. The molecule has 2 N–H and O–H groups in total. The van der Waals surface area contributed by atoms with Gasteiger partial charge in [0.15, 0.2) is 0 Å². The lowest BCUT2D eigenvalue weighted by molar-refractivity contribution is -0.159. The molecular weight excluding hydrogens is 632 g/mol. The minimum atomic E-state index is -1.82. The Bertz CT molecular complexity index is 1380. The number of carbonyl (C=O) groups is 2. The Kier molecular flexibility index (Phi) is 17.1. The Morgan fingerprint density at radius 1 is 0.500 bits per heavy atom. The van der Waals surface area contributed by atoms with E-state index >= 15 is 0 Å². The summed E-state index contributed by atoms with van der Waals surface area (Å²) < 4.78 is 0. The third-order valence-electron chi connectivity index (χ3n) is 8.96. The fraction of sp³-hybridized carbons (Fsp3) is 0.526. The summed E-state index contributed by atoms with van der Waals surface area (Å²) in [4.78, 5) is 27.1. The van der Waals surface area contributed by atoms with Gasteiger partial charge in [0, 0.05) is 11.1 Å². The van der Waals surface area contributed by atoms with Crippen molar-refractivity contribution in [2.75, 3.05) is 39.3 Å². The Balaban J connectivity index is 0.000000194. The molecule has 0 atom stereocenters. The number of unbranched alkanes of at least 4 members (excludes halogenated alkanes) is 2. The van der Waals surface area contributed by atoms with E-state index in [9.17, 15) is 0 Å². The number of rotatable bonds is 12. The zero-order chi connectivity index (χ0) is 35.2. The first-order chi connectivity index (χ1) is 24.5. The number of aryl methyl sites for hydroxylation is 2. The zero-order valence-electron chi connectivity index (χ0n) is 29.4. The van der Waals surface area contributed by atoms with Crippen LogP contribution in [0.1, 0.15) is 77.0 Å². The van der Waals surface area contributed by atoms with Gasteiger partial charge in [0.1, 0.15) is 11.4 Å². The highest BCUT2D eigenvalue weighted by Crippen LogP contribution is 2.16. The van der Waals surface area contributed by atoms with E-state index < -0.39 is 11.9 Å². The Labute approximate surface area is 296 Å².